The molecule has 2 unspecified atom stereocenters. The molecule has 13 heavy (non-hydrogen) atoms. The van der Waals surface area contributed by atoms with Crippen molar-refractivity contribution in [1.29, 1.82) is 0 Å². The topological polar surface area (TPSA) is 25.2 Å². The standard InChI is InChI=1S/C10H17NOS/c1-8(11-3)9(2)13-7-10-5-4-6-12-10/h4-6,8-9,11H,7H2,1-3H3. The van der Waals surface area contributed by atoms with Gasteiger partial charge in [-0.3, -0.25) is 0 Å². The van der Waals surface area contributed by atoms with Crippen LogP contribution < -0.4 is 5.32 Å². The van der Waals surface area contributed by atoms with Crippen LogP contribution in [0.4, 0.5) is 0 Å². The fourth-order valence-electron chi connectivity index (χ4n) is 0.987. The van der Waals surface area contributed by atoms with E-state index in [0.717, 1.165) is 11.5 Å². The van der Waals surface area contributed by atoms with E-state index in [4.69, 9.17) is 4.42 Å². The molecule has 1 N–H and O–H groups in total. The Morgan fingerprint density at radius 1 is 1.54 bits per heavy atom. The van der Waals surface area contributed by atoms with E-state index in [9.17, 15) is 0 Å². The van der Waals surface area contributed by atoms with Crippen molar-refractivity contribution >= 4 is 11.8 Å². The predicted octanol–water partition coefficient (Wildman–Crippen LogP) is 2.51. The Morgan fingerprint density at radius 2 is 2.31 bits per heavy atom. The van der Waals surface area contributed by atoms with Gasteiger partial charge in [0.25, 0.3) is 0 Å². The normalized spacial score (nSPS) is 15.6. The van der Waals surface area contributed by atoms with Gasteiger partial charge >= 0.3 is 0 Å². The lowest BCUT2D eigenvalue weighted by Crippen LogP contribution is -2.30. The summed E-state index contributed by atoms with van der Waals surface area (Å²) in [6.07, 6.45) is 1.72. The molecule has 0 radical (unpaired) electrons. The molecule has 3 heteroatoms. The maximum absolute atomic E-state index is 5.26. The molecule has 0 amide bonds. The summed E-state index contributed by atoms with van der Waals surface area (Å²) >= 11 is 1.91. The number of thioether (sulfide) groups is 1. The largest absolute Gasteiger partial charge is 0.468 e. The highest BCUT2D eigenvalue weighted by atomic mass is 32.2. The lowest BCUT2D eigenvalue weighted by atomic mass is 10.3. The zero-order valence-electron chi connectivity index (χ0n) is 8.41. The molecule has 0 aliphatic heterocycles. The molecule has 0 saturated heterocycles. The van der Waals surface area contributed by atoms with Gasteiger partial charge in [0, 0.05) is 11.3 Å². The lowest BCUT2D eigenvalue weighted by Gasteiger charge is -2.17. The van der Waals surface area contributed by atoms with Crippen LogP contribution in [0, 0.1) is 0 Å². The second-order valence-corrected chi connectivity index (χ2v) is 4.54. The van der Waals surface area contributed by atoms with Crippen LogP contribution in [0.2, 0.25) is 0 Å². The minimum atomic E-state index is 0.542. The van der Waals surface area contributed by atoms with Gasteiger partial charge in [0.2, 0.25) is 0 Å². The third-order valence-corrected chi connectivity index (χ3v) is 3.61. The van der Waals surface area contributed by atoms with Gasteiger partial charge in [-0.05, 0) is 26.1 Å². The summed E-state index contributed by atoms with van der Waals surface area (Å²) < 4.78 is 5.26. The van der Waals surface area contributed by atoms with E-state index in [2.05, 4.69) is 19.2 Å². The number of furan rings is 1. The van der Waals surface area contributed by atoms with E-state index in [-0.39, 0.29) is 0 Å². The quantitative estimate of drug-likeness (QED) is 0.789. The average Bonchev–Trinajstić information content (AvgIpc) is 2.65. The van der Waals surface area contributed by atoms with Crippen molar-refractivity contribution in [2.75, 3.05) is 7.05 Å². The van der Waals surface area contributed by atoms with Crippen LogP contribution in [-0.4, -0.2) is 18.3 Å². The Morgan fingerprint density at radius 3 is 2.85 bits per heavy atom. The Kier molecular flexibility index (Phi) is 4.39. The minimum Gasteiger partial charge on any atom is -0.468 e. The second-order valence-electron chi connectivity index (χ2n) is 3.17. The highest BCUT2D eigenvalue weighted by molar-refractivity contribution is 7.99. The summed E-state index contributed by atoms with van der Waals surface area (Å²) in [5.41, 5.74) is 0. The monoisotopic (exact) mass is 199 g/mol. The lowest BCUT2D eigenvalue weighted by molar-refractivity contribution is 0.529. The fourth-order valence-corrected chi connectivity index (χ4v) is 2.00. The second kappa shape index (κ2) is 5.35. The maximum atomic E-state index is 5.26. The van der Waals surface area contributed by atoms with Gasteiger partial charge in [-0.2, -0.15) is 0 Å². The van der Waals surface area contributed by atoms with Crippen molar-refractivity contribution in [3.05, 3.63) is 24.2 Å². The van der Waals surface area contributed by atoms with E-state index in [1.165, 1.54) is 0 Å². The third-order valence-electron chi connectivity index (χ3n) is 2.23. The van der Waals surface area contributed by atoms with E-state index in [0.29, 0.717) is 11.3 Å². The molecule has 0 fully saturated rings. The zero-order valence-corrected chi connectivity index (χ0v) is 9.23. The molecule has 0 bridgehead atoms. The third kappa shape index (κ3) is 3.44. The van der Waals surface area contributed by atoms with Gasteiger partial charge in [0.05, 0.1) is 12.0 Å². The molecule has 74 valence electrons. The summed E-state index contributed by atoms with van der Waals surface area (Å²) in [5, 5.41) is 3.85. The first-order valence-corrected chi connectivity index (χ1v) is 5.60. The Balaban J connectivity index is 2.26. The number of nitrogens with one attached hydrogen (secondary N) is 1. The van der Waals surface area contributed by atoms with E-state index < -0.39 is 0 Å². The molecular weight excluding hydrogens is 182 g/mol. The van der Waals surface area contributed by atoms with E-state index in [1.807, 2.05) is 30.9 Å². The summed E-state index contributed by atoms with van der Waals surface area (Å²) in [7, 11) is 1.99. The number of hydrogen-bond acceptors (Lipinski definition) is 3. The number of hydrogen-bond donors (Lipinski definition) is 1. The molecule has 0 saturated carbocycles. The highest BCUT2D eigenvalue weighted by Gasteiger charge is 2.10. The zero-order chi connectivity index (χ0) is 9.68. The van der Waals surface area contributed by atoms with E-state index >= 15 is 0 Å². The first-order valence-electron chi connectivity index (χ1n) is 4.55. The Labute approximate surface area is 84.1 Å². The summed E-state index contributed by atoms with van der Waals surface area (Å²) in [5.74, 6) is 2.01. The van der Waals surface area contributed by atoms with Crippen LogP contribution in [0.25, 0.3) is 0 Å². The summed E-state index contributed by atoms with van der Waals surface area (Å²) in [6, 6.07) is 4.49. The molecule has 0 aliphatic carbocycles. The van der Waals surface area contributed by atoms with Crippen LogP contribution in [0.1, 0.15) is 19.6 Å². The SMILES string of the molecule is CNC(C)C(C)SCc1ccco1. The predicted molar refractivity (Wildman–Crippen MR) is 58.0 cm³/mol. The Bertz CT molecular complexity index is 223. The van der Waals surface area contributed by atoms with Crippen LogP contribution in [-0.2, 0) is 5.75 Å². The fraction of sp³-hybridized carbons (Fsp3) is 0.600. The van der Waals surface area contributed by atoms with Gasteiger partial charge in [0.1, 0.15) is 5.76 Å². The van der Waals surface area contributed by atoms with Gasteiger partial charge in [-0.15, -0.1) is 11.8 Å². The van der Waals surface area contributed by atoms with Gasteiger partial charge in [-0.25, -0.2) is 0 Å². The number of rotatable bonds is 5. The van der Waals surface area contributed by atoms with Crippen molar-refractivity contribution in [3.8, 4) is 0 Å². The maximum Gasteiger partial charge on any atom is 0.113 e. The molecule has 1 heterocycles. The first-order chi connectivity index (χ1) is 6.24. The summed E-state index contributed by atoms with van der Waals surface area (Å²) in [4.78, 5) is 0. The average molecular weight is 199 g/mol. The van der Waals surface area contributed by atoms with Crippen molar-refractivity contribution in [3.63, 3.8) is 0 Å². The first kappa shape index (κ1) is 10.7. The molecule has 1 aromatic heterocycles. The van der Waals surface area contributed by atoms with Crippen molar-refractivity contribution in [2.45, 2.75) is 30.9 Å². The van der Waals surface area contributed by atoms with Crippen molar-refractivity contribution in [1.82, 2.24) is 5.32 Å². The molecule has 0 aliphatic rings. The highest BCUT2D eigenvalue weighted by Crippen LogP contribution is 2.19. The van der Waals surface area contributed by atoms with Crippen molar-refractivity contribution in [2.24, 2.45) is 0 Å². The molecular formula is C10H17NOS. The molecule has 0 spiro atoms. The summed E-state index contributed by atoms with van der Waals surface area (Å²) in [6.45, 7) is 4.43. The molecule has 2 nitrogen and oxygen atoms in total. The van der Waals surface area contributed by atoms with Gasteiger partial charge in [-0.1, -0.05) is 6.92 Å². The molecule has 1 rings (SSSR count). The van der Waals surface area contributed by atoms with Gasteiger partial charge < -0.3 is 9.73 Å². The van der Waals surface area contributed by atoms with E-state index in [1.54, 1.807) is 6.26 Å². The van der Waals surface area contributed by atoms with Crippen molar-refractivity contribution < 1.29 is 4.42 Å². The molecule has 1 aromatic rings. The van der Waals surface area contributed by atoms with Crippen LogP contribution >= 0.6 is 11.8 Å². The van der Waals surface area contributed by atoms with Crippen LogP contribution in [0.15, 0.2) is 22.8 Å². The smallest absolute Gasteiger partial charge is 0.113 e. The molecule has 0 aromatic carbocycles. The van der Waals surface area contributed by atoms with Gasteiger partial charge in [0.15, 0.2) is 0 Å². The minimum absolute atomic E-state index is 0.542. The van der Waals surface area contributed by atoms with Crippen LogP contribution in [0.5, 0.6) is 0 Å². The molecule has 2 atom stereocenters. The van der Waals surface area contributed by atoms with Crippen LogP contribution in [0.3, 0.4) is 0 Å². The Hall–Kier alpha value is -0.410.